The number of aliphatic hydroxyl groups is 1. The summed E-state index contributed by atoms with van der Waals surface area (Å²) in [6.45, 7) is 4.79. The van der Waals surface area contributed by atoms with Gasteiger partial charge in [-0.2, -0.15) is 0 Å². The minimum Gasteiger partial charge on any atom is -0.393 e. The van der Waals surface area contributed by atoms with Crippen LogP contribution in [0.3, 0.4) is 0 Å². The fourth-order valence-corrected chi connectivity index (χ4v) is 4.55. The lowest BCUT2D eigenvalue weighted by atomic mass is 9.59. The first-order valence-electron chi connectivity index (χ1n) is 6.92. The van der Waals surface area contributed by atoms with Gasteiger partial charge in [0.05, 0.1) is 6.10 Å². The molecule has 0 heterocycles. The van der Waals surface area contributed by atoms with E-state index in [-0.39, 0.29) is 11.5 Å². The summed E-state index contributed by atoms with van der Waals surface area (Å²) in [6, 6.07) is 6.74. The summed E-state index contributed by atoms with van der Waals surface area (Å²) in [5.41, 5.74) is 3.63. The zero-order valence-electron chi connectivity index (χ0n) is 11.2. The van der Waals surface area contributed by atoms with E-state index in [0.29, 0.717) is 5.41 Å². The molecule has 0 aliphatic heterocycles. The van der Waals surface area contributed by atoms with Crippen molar-refractivity contribution in [1.29, 1.82) is 0 Å². The standard InChI is InChI=1S/C16H21BrO/c1-15(2)14-4-3-12(17)9-11(14)10-16(15)7-5-13(18)6-8-16/h3-4,9,13,18H,5-8,10H2,1-2H3. The predicted octanol–water partition coefficient (Wildman–Crippen LogP) is 4.20. The van der Waals surface area contributed by atoms with Crippen LogP contribution in [0.15, 0.2) is 22.7 Å². The summed E-state index contributed by atoms with van der Waals surface area (Å²) in [6.07, 6.45) is 5.38. The first-order valence-corrected chi connectivity index (χ1v) is 7.71. The Labute approximate surface area is 118 Å². The molecule has 0 saturated heterocycles. The van der Waals surface area contributed by atoms with E-state index in [9.17, 15) is 5.11 Å². The molecule has 0 bridgehead atoms. The van der Waals surface area contributed by atoms with Crippen molar-refractivity contribution in [2.45, 2.75) is 57.5 Å². The molecular formula is C16H21BrO. The summed E-state index contributed by atoms with van der Waals surface area (Å²) in [5.74, 6) is 0. The number of fused-ring (bicyclic) bond motifs is 1. The first kappa shape index (κ1) is 12.7. The molecule has 0 aromatic heterocycles. The van der Waals surface area contributed by atoms with E-state index in [0.717, 1.165) is 25.7 Å². The monoisotopic (exact) mass is 308 g/mol. The van der Waals surface area contributed by atoms with Gasteiger partial charge in [0.25, 0.3) is 0 Å². The fourth-order valence-electron chi connectivity index (χ4n) is 4.15. The van der Waals surface area contributed by atoms with Crippen LogP contribution in [0.5, 0.6) is 0 Å². The zero-order valence-corrected chi connectivity index (χ0v) is 12.8. The van der Waals surface area contributed by atoms with Gasteiger partial charge < -0.3 is 5.11 Å². The lowest BCUT2D eigenvalue weighted by molar-refractivity contribution is 0.0289. The normalized spacial score (nSPS) is 33.7. The number of benzene rings is 1. The maximum absolute atomic E-state index is 9.78. The molecule has 1 fully saturated rings. The van der Waals surface area contributed by atoms with E-state index in [1.165, 1.54) is 22.0 Å². The molecule has 2 heteroatoms. The van der Waals surface area contributed by atoms with Gasteiger partial charge in [-0.05, 0) is 66.2 Å². The van der Waals surface area contributed by atoms with E-state index in [2.05, 4.69) is 48.0 Å². The highest BCUT2D eigenvalue weighted by atomic mass is 79.9. The van der Waals surface area contributed by atoms with Crippen molar-refractivity contribution in [2.24, 2.45) is 5.41 Å². The van der Waals surface area contributed by atoms with Gasteiger partial charge in [0.1, 0.15) is 0 Å². The van der Waals surface area contributed by atoms with E-state index in [1.807, 2.05) is 0 Å². The van der Waals surface area contributed by atoms with Gasteiger partial charge >= 0.3 is 0 Å². The Morgan fingerprint density at radius 2 is 1.89 bits per heavy atom. The van der Waals surface area contributed by atoms with E-state index in [1.54, 1.807) is 0 Å². The van der Waals surface area contributed by atoms with Crippen LogP contribution >= 0.6 is 15.9 Å². The van der Waals surface area contributed by atoms with E-state index in [4.69, 9.17) is 0 Å². The predicted molar refractivity (Wildman–Crippen MR) is 77.8 cm³/mol. The van der Waals surface area contributed by atoms with Gasteiger partial charge in [-0.15, -0.1) is 0 Å². The van der Waals surface area contributed by atoms with Crippen LogP contribution in [-0.2, 0) is 11.8 Å². The van der Waals surface area contributed by atoms with Crippen LogP contribution in [0.1, 0.15) is 50.7 Å². The molecule has 3 rings (SSSR count). The summed E-state index contributed by atoms with van der Waals surface area (Å²) in [5, 5.41) is 9.78. The third-order valence-electron chi connectivity index (χ3n) is 5.51. The summed E-state index contributed by atoms with van der Waals surface area (Å²) in [7, 11) is 0. The van der Waals surface area contributed by atoms with Crippen LogP contribution in [0.2, 0.25) is 0 Å². The second-order valence-corrected chi connectivity index (χ2v) is 7.53. The molecule has 1 N–H and O–H groups in total. The molecule has 1 aromatic rings. The second-order valence-electron chi connectivity index (χ2n) is 6.61. The Kier molecular flexibility index (Phi) is 2.87. The van der Waals surface area contributed by atoms with Gasteiger partial charge in [0.2, 0.25) is 0 Å². The smallest absolute Gasteiger partial charge is 0.0540 e. The number of hydrogen-bond donors (Lipinski definition) is 1. The molecule has 1 spiro atoms. The average Bonchev–Trinajstić information content (AvgIpc) is 2.51. The third-order valence-corrected chi connectivity index (χ3v) is 6.00. The molecule has 98 valence electrons. The highest BCUT2D eigenvalue weighted by molar-refractivity contribution is 9.10. The molecule has 1 aromatic carbocycles. The van der Waals surface area contributed by atoms with Crippen LogP contribution < -0.4 is 0 Å². The minimum absolute atomic E-state index is 0.0677. The molecule has 2 aliphatic rings. The Balaban J connectivity index is 2.02. The van der Waals surface area contributed by atoms with Gasteiger partial charge in [0.15, 0.2) is 0 Å². The summed E-state index contributed by atoms with van der Waals surface area (Å²) < 4.78 is 1.19. The van der Waals surface area contributed by atoms with Gasteiger partial charge in [-0.1, -0.05) is 35.8 Å². The highest BCUT2D eigenvalue weighted by Gasteiger charge is 2.52. The molecule has 2 aliphatic carbocycles. The maximum atomic E-state index is 9.78. The molecule has 18 heavy (non-hydrogen) atoms. The van der Waals surface area contributed by atoms with Crippen LogP contribution in [0.25, 0.3) is 0 Å². The van der Waals surface area contributed by atoms with Crippen molar-refractivity contribution >= 4 is 15.9 Å². The number of rotatable bonds is 0. The Morgan fingerprint density at radius 3 is 2.56 bits per heavy atom. The number of aliphatic hydroxyl groups excluding tert-OH is 1. The summed E-state index contributed by atoms with van der Waals surface area (Å²) >= 11 is 3.58. The van der Waals surface area contributed by atoms with Gasteiger partial charge in [-0.25, -0.2) is 0 Å². The molecule has 0 amide bonds. The highest BCUT2D eigenvalue weighted by Crippen LogP contribution is 2.58. The first-order chi connectivity index (χ1) is 8.45. The Bertz CT molecular complexity index is 470. The number of hydrogen-bond acceptors (Lipinski definition) is 1. The van der Waals surface area contributed by atoms with Gasteiger partial charge in [0, 0.05) is 4.47 Å². The van der Waals surface area contributed by atoms with Gasteiger partial charge in [-0.3, -0.25) is 0 Å². The van der Waals surface area contributed by atoms with Crippen LogP contribution in [0.4, 0.5) is 0 Å². The minimum atomic E-state index is -0.0677. The largest absolute Gasteiger partial charge is 0.393 e. The van der Waals surface area contributed by atoms with Crippen molar-refractivity contribution in [3.05, 3.63) is 33.8 Å². The summed E-state index contributed by atoms with van der Waals surface area (Å²) in [4.78, 5) is 0. The van der Waals surface area contributed by atoms with Crippen LogP contribution in [-0.4, -0.2) is 11.2 Å². The molecule has 1 nitrogen and oxygen atoms in total. The van der Waals surface area contributed by atoms with Crippen molar-refractivity contribution in [1.82, 2.24) is 0 Å². The molecule has 0 radical (unpaired) electrons. The lowest BCUT2D eigenvalue weighted by Crippen LogP contribution is -2.42. The van der Waals surface area contributed by atoms with Crippen molar-refractivity contribution < 1.29 is 5.11 Å². The van der Waals surface area contributed by atoms with E-state index < -0.39 is 0 Å². The zero-order chi connectivity index (χ0) is 13.0. The lowest BCUT2D eigenvalue weighted by Gasteiger charge is -2.46. The molecule has 0 unspecified atom stereocenters. The number of halogens is 1. The quantitative estimate of drug-likeness (QED) is 0.761. The molecule has 0 atom stereocenters. The fraction of sp³-hybridized carbons (Fsp3) is 0.625. The SMILES string of the molecule is CC1(C)c2ccc(Br)cc2CC12CCC(O)CC2. The maximum Gasteiger partial charge on any atom is 0.0540 e. The average molecular weight is 309 g/mol. The van der Waals surface area contributed by atoms with E-state index >= 15 is 0 Å². The van der Waals surface area contributed by atoms with Crippen molar-refractivity contribution in [3.63, 3.8) is 0 Å². The Morgan fingerprint density at radius 1 is 1.22 bits per heavy atom. The second kappa shape index (κ2) is 4.08. The molecule has 1 saturated carbocycles. The van der Waals surface area contributed by atoms with Crippen molar-refractivity contribution in [2.75, 3.05) is 0 Å². The van der Waals surface area contributed by atoms with Crippen LogP contribution in [0, 0.1) is 5.41 Å². The topological polar surface area (TPSA) is 20.2 Å². The molecular weight excluding hydrogens is 288 g/mol. The Hall–Kier alpha value is -0.340. The van der Waals surface area contributed by atoms with Crippen molar-refractivity contribution in [3.8, 4) is 0 Å². The third kappa shape index (κ3) is 1.69.